The average Bonchev–Trinajstić information content (AvgIpc) is 1.73. The van der Waals surface area contributed by atoms with Gasteiger partial charge in [0.25, 0.3) is 5.91 Å². The van der Waals surface area contributed by atoms with Gasteiger partial charge in [0.2, 0.25) is 11.8 Å². The van der Waals surface area contributed by atoms with Gasteiger partial charge in [-0.2, -0.15) is 0 Å². The lowest BCUT2D eigenvalue weighted by atomic mass is 9.82. The number of rotatable bonds is 31. The Bertz CT molecular complexity index is 3870. The molecule has 4 aromatic rings. The number of nitrogens with one attached hydrogen (secondary N) is 3. The smallest absolute Gasteiger partial charge is 0.255 e. The number of amides is 3. The second-order valence-corrected chi connectivity index (χ2v) is 32.1. The maximum absolute atomic E-state index is 15.3. The van der Waals surface area contributed by atoms with Crippen LogP contribution in [0.2, 0.25) is 0 Å². The van der Waals surface area contributed by atoms with E-state index < -0.39 is 193 Å². The molecule has 8 aliphatic heterocycles. The Balaban J connectivity index is 0.772. The molecule has 9 aliphatic rings. The largest absolute Gasteiger partial charge is 0.493 e. The minimum absolute atomic E-state index is 0.00765. The lowest BCUT2D eigenvalue weighted by Crippen LogP contribution is -2.62. The monoisotopic (exact) mass is 1590 g/mol. The molecule has 3 amide bonds. The number of para-hydroxylation sites is 1. The highest BCUT2D eigenvalue weighted by Crippen LogP contribution is 2.48. The van der Waals surface area contributed by atoms with Gasteiger partial charge >= 0.3 is 0 Å². The van der Waals surface area contributed by atoms with Crippen LogP contribution in [0.5, 0.6) is 17.2 Å². The number of carbonyl (C=O) groups is 5. The van der Waals surface area contributed by atoms with Crippen molar-refractivity contribution < 1.29 is 138 Å². The van der Waals surface area contributed by atoms with Crippen molar-refractivity contribution in [3.63, 3.8) is 0 Å². The highest BCUT2D eigenvalue weighted by molar-refractivity contribution is 6.32. The van der Waals surface area contributed by atoms with Gasteiger partial charge in [-0.15, -0.1) is 0 Å². The van der Waals surface area contributed by atoms with Crippen molar-refractivity contribution in [1.29, 1.82) is 0 Å². The molecule has 0 unspecified atom stereocenters. The van der Waals surface area contributed by atoms with Crippen LogP contribution in [0.1, 0.15) is 151 Å². The van der Waals surface area contributed by atoms with E-state index in [1.54, 1.807) is 168 Å². The van der Waals surface area contributed by atoms with E-state index in [2.05, 4.69) is 16.0 Å². The Morgan fingerprint density at radius 3 is 1.36 bits per heavy atom. The van der Waals surface area contributed by atoms with Gasteiger partial charge in [-0.3, -0.25) is 24.0 Å². The number of hydrogen-bond acceptors (Lipinski definition) is 29. The maximum atomic E-state index is 15.3. The third-order valence-electron chi connectivity index (χ3n) is 21.1. The number of unbranched alkanes of at least 4 members (excludes halogenated alkanes) is 2. The number of aliphatic hydroxyl groups is 2. The molecule has 0 saturated carbocycles. The summed E-state index contributed by atoms with van der Waals surface area (Å²) in [5, 5.41) is 33.4. The predicted octanol–water partition coefficient (Wildman–Crippen LogP) is 6.86. The number of hydrogen-bond donors (Lipinski definition) is 5. The van der Waals surface area contributed by atoms with Crippen LogP contribution in [-0.4, -0.2) is 258 Å². The van der Waals surface area contributed by atoms with Crippen molar-refractivity contribution in [2.24, 2.45) is 5.92 Å². The molecule has 4 aromatic carbocycles. The lowest BCUT2D eigenvalue weighted by Gasteiger charge is -2.43. The van der Waals surface area contributed by atoms with E-state index >= 15 is 9.59 Å². The van der Waals surface area contributed by atoms with Crippen LogP contribution in [0.15, 0.2) is 91.0 Å². The summed E-state index contributed by atoms with van der Waals surface area (Å²) < 4.78 is 139. The fraction of sp³-hybridized carbons (Fsp3) is 0.642. The van der Waals surface area contributed by atoms with Gasteiger partial charge in [-0.05, 0) is 120 Å². The number of methoxy groups -OCH3 is 4. The number of aliphatic hydroxyl groups excluding tert-OH is 2. The summed E-state index contributed by atoms with van der Waals surface area (Å²) in [4.78, 5) is 74.3. The van der Waals surface area contributed by atoms with Crippen LogP contribution in [0.4, 0.5) is 5.69 Å². The molecule has 1 aliphatic carbocycles. The summed E-state index contributed by atoms with van der Waals surface area (Å²) >= 11 is 0. The Labute approximate surface area is 656 Å². The second-order valence-electron chi connectivity index (χ2n) is 32.1. The Kier molecular flexibility index (Phi) is 25.4. The molecule has 8 heterocycles. The van der Waals surface area contributed by atoms with Crippen molar-refractivity contribution in [3.05, 3.63) is 119 Å². The predicted molar refractivity (Wildman–Crippen MR) is 394 cm³/mol. The molecular weight excluding hydrogens is 1480 g/mol. The molecule has 0 bridgehead atoms. The van der Waals surface area contributed by atoms with Gasteiger partial charge in [-0.25, -0.2) is 0 Å². The zero-order valence-corrected chi connectivity index (χ0v) is 66.6. The summed E-state index contributed by atoms with van der Waals surface area (Å²) in [6.45, 7) is 20.0. The molecule has 8 saturated heterocycles. The fourth-order valence-corrected chi connectivity index (χ4v) is 16.2. The third-order valence-corrected chi connectivity index (χ3v) is 21.1. The summed E-state index contributed by atoms with van der Waals surface area (Å²) in [5.41, 5.74) is 0.307. The number of fused-ring (bicyclic) bond motifs is 4. The van der Waals surface area contributed by atoms with E-state index in [1.807, 2.05) is 0 Å². The normalized spacial score (nSPS) is 31.6. The van der Waals surface area contributed by atoms with Crippen LogP contribution in [0.3, 0.4) is 0 Å². The summed E-state index contributed by atoms with van der Waals surface area (Å²) in [7, 11) is 5.84. The fourth-order valence-electron chi connectivity index (χ4n) is 16.2. The number of ketones is 2. The number of ether oxygens (including phenoxy) is 22. The average molecular weight is 1590 g/mol. The van der Waals surface area contributed by atoms with Gasteiger partial charge in [-0.1, -0.05) is 73.5 Å². The van der Waals surface area contributed by atoms with Crippen molar-refractivity contribution in [2.45, 2.75) is 266 Å². The molecule has 32 nitrogen and oxygen atoms in total. The first-order chi connectivity index (χ1) is 53.6. The van der Waals surface area contributed by atoms with E-state index in [4.69, 9.17) is 104 Å². The van der Waals surface area contributed by atoms with E-state index in [0.29, 0.717) is 12.2 Å². The molecule has 113 heavy (non-hydrogen) atoms. The van der Waals surface area contributed by atoms with Gasteiger partial charge in [0, 0.05) is 64.3 Å². The van der Waals surface area contributed by atoms with E-state index in [0.717, 1.165) is 0 Å². The minimum atomic E-state index is -1.51. The first-order valence-corrected chi connectivity index (χ1v) is 38.4. The molecule has 620 valence electrons. The van der Waals surface area contributed by atoms with Crippen LogP contribution in [-0.2, 0) is 104 Å². The Morgan fingerprint density at radius 2 is 0.912 bits per heavy atom. The number of carbonyl (C=O) groups excluding carboxylic acids is 5. The summed E-state index contributed by atoms with van der Waals surface area (Å²) in [6, 6.07) is 25.0. The summed E-state index contributed by atoms with van der Waals surface area (Å²) in [6.07, 6.45) is -21.2. The Hall–Kier alpha value is -6.65. The van der Waals surface area contributed by atoms with Gasteiger partial charge in [0.05, 0.1) is 36.6 Å². The number of anilines is 1. The van der Waals surface area contributed by atoms with Gasteiger partial charge < -0.3 is 130 Å². The highest BCUT2D eigenvalue weighted by Gasteiger charge is 2.62. The van der Waals surface area contributed by atoms with Gasteiger partial charge in [0.1, 0.15) is 115 Å². The molecule has 32 heteroatoms. The van der Waals surface area contributed by atoms with Crippen LogP contribution < -0.4 is 25.4 Å². The standard InChI is InChI=1S/C81H107N3O29/c1-76(2)97-39-50(104-76)59(65-67(74(92-13)93-14)112-80(9,10)110-65)102-72-57(87)63-61(106-78(5,6)108-63)48(100-72)37-82-70(90)45(71(91)83-38-49-62-64(109-79(7,8)107-62)58(88)73(101-49)103-60(51-40-98-77(3,4)105-51)66-68(75(94-15)95-16)113-81(11,12)111-66)34-24-19-27-35-96-46-36-47(99-42-30-22-18-23-31-42)54(84-69(89)41-28-20-17-21-29-41)53-52(46)55(85)43-32-25-26-33-44(43)56(53)86/h17-18,20-23,25-26,28-33,36,45,48-51,57-68,72-75,87-88H,19,24,27,34-35,37-40H2,1-16H3,(H,82,90)(H,83,91)(H,84,89)/t48-,49-,50-,51-,57-,58-,59-,60-,61+,62+,63-,64-,65+,66+,67-,68-,72+,73+/m1/s1. The van der Waals surface area contributed by atoms with Crippen LogP contribution in [0.25, 0.3) is 0 Å². The van der Waals surface area contributed by atoms with Crippen molar-refractivity contribution in [3.8, 4) is 17.2 Å². The van der Waals surface area contributed by atoms with Crippen molar-refractivity contribution in [2.75, 3.05) is 66.7 Å². The maximum Gasteiger partial charge on any atom is 0.255 e. The summed E-state index contributed by atoms with van der Waals surface area (Å²) in [5.74, 6) is -11.2. The highest BCUT2D eigenvalue weighted by atomic mass is 16.8. The van der Waals surface area contributed by atoms with Crippen LogP contribution in [0, 0.1) is 5.92 Å². The van der Waals surface area contributed by atoms with Crippen molar-refractivity contribution >= 4 is 35.0 Å². The SMILES string of the molecule is COC(OC)[C@@H]1OC(C)(C)O[C@H]1[C@H](O[C@@H]1O[C@H](CNC(=O)C(CCCCCOc2cc(Oc3ccccc3)c(NC(=O)c3ccccc3)c3c2C(=O)c2ccccc2C3=O)C(=O)NC[C@H]2O[C@@H](O[C@@H]([C@@H]3OC(C)(C)O[C@H]3C(OC)OC)[C@H]3COC(C)(C)O3)[C@H](O)[C@H]3OC(C)(C)O[C@H]32)[C@@H]2OC(C)(C)O[C@@H]2[C@H]1O)[C@H]1COC(C)(C)O1. The Morgan fingerprint density at radius 1 is 0.487 bits per heavy atom. The first kappa shape index (κ1) is 84.3. The molecule has 8 fully saturated rings. The molecule has 13 rings (SSSR count). The molecular formula is C81H107N3O29. The molecule has 0 radical (unpaired) electrons. The van der Waals surface area contributed by atoms with Crippen LogP contribution >= 0.6 is 0 Å². The van der Waals surface area contributed by atoms with E-state index in [1.165, 1.54) is 34.5 Å². The third kappa shape index (κ3) is 18.7. The van der Waals surface area contributed by atoms with E-state index in [9.17, 15) is 24.6 Å². The quantitative estimate of drug-likeness (QED) is 0.0172. The second kappa shape index (κ2) is 34.1. The first-order valence-electron chi connectivity index (χ1n) is 38.4. The lowest BCUT2D eigenvalue weighted by molar-refractivity contribution is -0.311. The van der Waals surface area contributed by atoms with Crippen molar-refractivity contribution in [1.82, 2.24) is 10.6 Å². The molecule has 0 spiro atoms. The van der Waals surface area contributed by atoms with Gasteiger partial charge in [0.15, 0.2) is 77.2 Å². The topological polar surface area (TPSA) is 365 Å². The zero-order chi connectivity index (χ0) is 80.9. The van der Waals surface area contributed by atoms with E-state index in [-0.39, 0.29) is 97.2 Å². The zero-order valence-electron chi connectivity index (χ0n) is 66.6. The number of benzene rings is 4. The molecule has 0 aromatic heterocycles. The molecule has 5 N–H and O–H groups in total. The molecule has 18 atom stereocenters. The minimum Gasteiger partial charge on any atom is -0.493 e.